The first-order valence-electron chi connectivity index (χ1n) is 9.60. The van der Waals surface area contributed by atoms with E-state index in [1.807, 2.05) is 35.5 Å². The zero-order chi connectivity index (χ0) is 19.3. The molecule has 2 aromatic carbocycles. The number of amides is 1. The Morgan fingerprint density at radius 3 is 2.46 bits per heavy atom. The van der Waals surface area contributed by atoms with Crippen LogP contribution in [0.4, 0.5) is 0 Å². The van der Waals surface area contributed by atoms with Gasteiger partial charge in [0.25, 0.3) is 5.91 Å². The van der Waals surface area contributed by atoms with Crippen molar-refractivity contribution in [1.82, 2.24) is 14.5 Å². The van der Waals surface area contributed by atoms with Crippen molar-refractivity contribution in [2.75, 3.05) is 13.1 Å². The van der Waals surface area contributed by atoms with Gasteiger partial charge in [-0.05, 0) is 43.0 Å². The van der Waals surface area contributed by atoms with E-state index in [1.54, 1.807) is 24.3 Å². The summed E-state index contributed by atoms with van der Waals surface area (Å²) in [5.74, 6) is 1.58. The van der Waals surface area contributed by atoms with Gasteiger partial charge in [-0.3, -0.25) is 4.79 Å². The molecule has 28 heavy (non-hydrogen) atoms. The molecule has 1 aromatic heterocycles. The summed E-state index contributed by atoms with van der Waals surface area (Å²) in [7, 11) is 0. The van der Waals surface area contributed by atoms with Gasteiger partial charge in [0.15, 0.2) is 0 Å². The molecule has 0 bridgehead atoms. The number of rotatable bonds is 4. The highest BCUT2D eigenvalue weighted by Gasteiger charge is 2.24. The standard InChI is InChI=1S/C23H22N4O/c24-16-18-6-8-21(9-7-18)23(28)26-13-10-19(11-14-26)17-27-15-12-25-22(27)20-4-2-1-3-5-20/h1-9,12,15,19H,10-11,13-14,17H2. The Kier molecular flexibility index (Phi) is 5.20. The van der Waals surface area contributed by atoms with Gasteiger partial charge in [-0.2, -0.15) is 5.26 Å². The minimum Gasteiger partial charge on any atom is -0.339 e. The molecule has 0 atom stereocenters. The maximum Gasteiger partial charge on any atom is 0.253 e. The molecule has 0 spiro atoms. The number of piperidine rings is 1. The summed E-state index contributed by atoms with van der Waals surface area (Å²) in [6.45, 7) is 2.45. The van der Waals surface area contributed by atoms with Gasteiger partial charge in [0.2, 0.25) is 0 Å². The van der Waals surface area contributed by atoms with E-state index >= 15 is 0 Å². The van der Waals surface area contributed by atoms with E-state index in [-0.39, 0.29) is 5.91 Å². The maximum atomic E-state index is 12.7. The van der Waals surface area contributed by atoms with Crippen LogP contribution >= 0.6 is 0 Å². The number of benzene rings is 2. The van der Waals surface area contributed by atoms with E-state index < -0.39 is 0 Å². The van der Waals surface area contributed by atoms with E-state index in [2.05, 4.69) is 27.8 Å². The van der Waals surface area contributed by atoms with Crippen LogP contribution in [0.15, 0.2) is 67.0 Å². The number of carbonyl (C=O) groups excluding carboxylic acids is 1. The third kappa shape index (κ3) is 3.81. The first kappa shape index (κ1) is 18.0. The van der Waals surface area contributed by atoms with Crippen LogP contribution in [-0.2, 0) is 6.54 Å². The SMILES string of the molecule is N#Cc1ccc(C(=O)N2CCC(Cn3ccnc3-c3ccccc3)CC2)cc1. The summed E-state index contributed by atoms with van der Waals surface area (Å²) < 4.78 is 2.22. The van der Waals surface area contributed by atoms with Gasteiger partial charge in [0.1, 0.15) is 5.82 Å². The molecule has 1 fully saturated rings. The summed E-state index contributed by atoms with van der Waals surface area (Å²) in [6, 6.07) is 19.2. The van der Waals surface area contributed by atoms with Crippen LogP contribution in [0.2, 0.25) is 0 Å². The Balaban J connectivity index is 1.37. The normalized spacial score (nSPS) is 14.6. The smallest absolute Gasteiger partial charge is 0.253 e. The van der Waals surface area contributed by atoms with Crippen LogP contribution in [0.25, 0.3) is 11.4 Å². The molecule has 1 aliphatic rings. The number of likely N-dealkylation sites (tertiary alicyclic amines) is 1. The summed E-state index contributed by atoms with van der Waals surface area (Å²) in [5.41, 5.74) is 2.35. The van der Waals surface area contributed by atoms with Crippen molar-refractivity contribution < 1.29 is 4.79 Å². The van der Waals surface area contributed by atoms with Crippen LogP contribution in [0.3, 0.4) is 0 Å². The molecule has 0 unspecified atom stereocenters. The fourth-order valence-electron chi connectivity index (χ4n) is 3.77. The van der Waals surface area contributed by atoms with Crippen molar-refractivity contribution in [3.8, 4) is 17.5 Å². The topological polar surface area (TPSA) is 61.9 Å². The molecule has 5 heteroatoms. The van der Waals surface area contributed by atoms with E-state index in [0.29, 0.717) is 17.0 Å². The van der Waals surface area contributed by atoms with Crippen LogP contribution < -0.4 is 0 Å². The van der Waals surface area contributed by atoms with E-state index in [0.717, 1.165) is 43.9 Å². The maximum absolute atomic E-state index is 12.7. The Labute approximate surface area is 164 Å². The number of imidazole rings is 1. The molecule has 1 saturated heterocycles. The van der Waals surface area contributed by atoms with Crippen molar-refractivity contribution in [3.63, 3.8) is 0 Å². The second-order valence-electron chi connectivity index (χ2n) is 7.19. The first-order valence-corrected chi connectivity index (χ1v) is 9.60. The monoisotopic (exact) mass is 370 g/mol. The Morgan fingerprint density at radius 2 is 1.79 bits per heavy atom. The molecule has 0 N–H and O–H groups in total. The lowest BCUT2D eigenvalue weighted by Gasteiger charge is -2.32. The summed E-state index contributed by atoms with van der Waals surface area (Å²) >= 11 is 0. The van der Waals surface area contributed by atoms with Crippen LogP contribution in [0.1, 0.15) is 28.8 Å². The van der Waals surface area contributed by atoms with Crippen LogP contribution in [-0.4, -0.2) is 33.4 Å². The molecule has 140 valence electrons. The van der Waals surface area contributed by atoms with E-state index in [4.69, 9.17) is 5.26 Å². The van der Waals surface area contributed by atoms with Gasteiger partial charge in [0, 0.05) is 43.2 Å². The average molecular weight is 370 g/mol. The summed E-state index contributed by atoms with van der Waals surface area (Å²) in [5, 5.41) is 8.89. The summed E-state index contributed by atoms with van der Waals surface area (Å²) in [4.78, 5) is 19.1. The third-order valence-electron chi connectivity index (χ3n) is 5.37. The number of carbonyl (C=O) groups is 1. The van der Waals surface area contributed by atoms with E-state index in [1.165, 1.54) is 0 Å². The molecule has 5 nitrogen and oxygen atoms in total. The molecule has 3 aromatic rings. The largest absolute Gasteiger partial charge is 0.339 e. The number of nitrogens with zero attached hydrogens (tertiary/aromatic N) is 4. The molecule has 0 radical (unpaired) electrons. The zero-order valence-electron chi connectivity index (χ0n) is 15.7. The molecule has 1 aliphatic heterocycles. The van der Waals surface area contributed by atoms with Gasteiger partial charge in [-0.25, -0.2) is 4.98 Å². The number of nitriles is 1. The molecule has 4 rings (SSSR count). The highest BCUT2D eigenvalue weighted by atomic mass is 16.2. The Morgan fingerprint density at radius 1 is 1.07 bits per heavy atom. The number of hydrogen-bond donors (Lipinski definition) is 0. The van der Waals surface area contributed by atoms with Crippen LogP contribution in [0.5, 0.6) is 0 Å². The Bertz CT molecular complexity index is 977. The fourth-order valence-corrected chi connectivity index (χ4v) is 3.77. The van der Waals surface area contributed by atoms with E-state index in [9.17, 15) is 4.79 Å². The second kappa shape index (κ2) is 8.10. The van der Waals surface area contributed by atoms with Crippen molar-refractivity contribution >= 4 is 5.91 Å². The van der Waals surface area contributed by atoms with Crippen LogP contribution in [0, 0.1) is 17.2 Å². The quantitative estimate of drug-likeness (QED) is 0.698. The first-order chi connectivity index (χ1) is 13.7. The van der Waals surface area contributed by atoms with Gasteiger partial charge in [0.05, 0.1) is 11.6 Å². The molecule has 2 heterocycles. The lowest BCUT2D eigenvalue weighted by atomic mass is 9.96. The minimum atomic E-state index is 0.0514. The molecule has 1 amide bonds. The highest BCUT2D eigenvalue weighted by Crippen LogP contribution is 2.24. The second-order valence-corrected chi connectivity index (χ2v) is 7.19. The zero-order valence-corrected chi connectivity index (χ0v) is 15.7. The molecule has 0 aliphatic carbocycles. The van der Waals surface area contributed by atoms with Gasteiger partial charge < -0.3 is 9.47 Å². The minimum absolute atomic E-state index is 0.0514. The molecular formula is C23H22N4O. The van der Waals surface area contributed by atoms with Crippen molar-refractivity contribution in [2.24, 2.45) is 5.92 Å². The fraction of sp³-hybridized carbons (Fsp3) is 0.261. The van der Waals surface area contributed by atoms with Crippen molar-refractivity contribution in [1.29, 1.82) is 5.26 Å². The average Bonchev–Trinajstić information content (AvgIpc) is 3.22. The predicted molar refractivity (Wildman–Crippen MR) is 107 cm³/mol. The molecular weight excluding hydrogens is 348 g/mol. The number of aromatic nitrogens is 2. The van der Waals surface area contributed by atoms with Gasteiger partial charge in [-0.1, -0.05) is 30.3 Å². The molecule has 0 saturated carbocycles. The van der Waals surface area contributed by atoms with Crippen molar-refractivity contribution in [2.45, 2.75) is 19.4 Å². The number of hydrogen-bond acceptors (Lipinski definition) is 3. The van der Waals surface area contributed by atoms with Gasteiger partial charge in [-0.15, -0.1) is 0 Å². The summed E-state index contributed by atoms with van der Waals surface area (Å²) in [6.07, 6.45) is 5.85. The Hall–Kier alpha value is -3.39. The lowest BCUT2D eigenvalue weighted by Crippen LogP contribution is -2.39. The lowest BCUT2D eigenvalue weighted by molar-refractivity contribution is 0.0683. The van der Waals surface area contributed by atoms with Crippen molar-refractivity contribution in [3.05, 3.63) is 78.1 Å². The highest BCUT2D eigenvalue weighted by molar-refractivity contribution is 5.94. The third-order valence-corrected chi connectivity index (χ3v) is 5.37. The van der Waals surface area contributed by atoms with Gasteiger partial charge >= 0.3 is 0 Å². The predicted octanol–water partition coefficient (Wildman–Crippen LogP) is 3.97.